The summed E-state index contributed by atoms with van der Waals surface area (Å²) in [5.41, 5.74) is 0.396. The highest BCUT2D eigenvalue weighted by atomic mass is 79.9. The third-order valence-electron chi connectivity index (χ3n) is 2.21. The van der Waals surface area contributed by atoms with Gasteiger partial charge in [0.2, 0.25) is 0 Å². The molecule has 0 heterocycles. The van der Waals surface area contributed by atoms with Gasteiger partial charge in [0.1, 0.15) is 5.75 Å². The molecule has 0 saturated carbocycles. The van der Waals surface area contributed by atoms with Gasteiger partial charge in [-0.25, -0.2) is 0 Å². The molecule has 0 radical (unpaired) electrons. The van der Waals surface area contributed by atoms with Crippen LogP contribution in [0.25, 0.3) is 0 Å². The second kappa shape index (κ2) is 6.96. The van der Waals surface area contributed by atoms with Crippen molar-refractivity contribution >= 4 is 28.1 Å². The van der Waals surface area contributed by atoms with Crippen molar-refractivity contribution in [3.63, 3.8) is 0 Å². The molecule has 96 valence electrons. The maximum Gasteiger partial charge on any atom is 0.261 e. The van der Waals surface area contributed by atoms with Gasteiger partial charge in [0.25, 0.3) is 5.91 Å². The van der Waals surface area contributed by atoms with Crippen LogP contribution in [-0.4, -0.2) is 24.8 Å². The smallest absolute Gasteiger partial charge is 0.261 e. The summed E-state index contributed by atoms with van der Waals surface area (Å²) in [4.78, 5) is 22.5. The van der Waals surface area contributed by atoms with E-state index in [1.54, 1.807) is 31.2 Å². The maximum absolute atomic E-state index is 11.6. The molecule has 0 saturated heterocycles. The minimum Gasteiger partial charge on any atom is -0.479 e. The average Bonchev–Trinajstić information content (AvgIpc) is 2.38. The monoisotopic (exact) mass is 311 g/mol. The quantitative estimate of drug-likeness (QED) is 0.648. The van der Waals surface area contributed by atoms with Crippen molar-refractivity contribution in [2.45, 2.75) is 13.0 Å². The molecule has 1 rings (SSSR count). The number of benzene rings is 1. The molecule has 1 atom stereocenters. The van der Waals surface area contributed by atoms with Crippen LogP contribution in [0, 0.1) is 0 Å². The van der Waals surface area contributed by atoms with Crippen LogP contribution >= 0.6 is 15.9 Å². The number of amides is 1. The normalized spacial score (nSPS) is 11.4. The van der Waals surface area contributed by atoms with Gasteiger partial charge < -0.3 is 10.1 Å². The van der Waals surface area contributed by atoms with E-state index in [4.69, 9.17) is 4.74 Å². The lowest BCUT2D eigenvalue weighted by Gasteiger charge is -2.16. The molecule has 0 aromatic heterocycles. The van der Waals surface area contributed by atoms with Crippen LogP contribution in [0.5, 0.6) is 5.75 Å². The summed E-state index contributed by atoms with van der Waals surface area (Å²) in [6.07, 6.45) is 1.58. The fourth-order valence-electron chi connectivity index (χ4n) is 1.29. The lowest BCUT2D eigenvalue weighted by Crippen LogP contribution is -2.36. The third-order valence-corrected chi connectivity index (χ3v) is 2.83. The molecule has 0 bridgehead atoms. The van der Waals surface area contributed by atoms with Gasteiger partial charge >= 0.3 is 0 Å². The van der Waals surface area contributed by atoms with Crippen LogP contribution in [0.3, 0.4) is 0 Å². The molecule has 1 aromatic rings. The number of carbonyl (C=O) groups excluding carboxylic acids is 2. The number of nitrogens with one attached hydrogen (secondary N) is 1. The number of carbonyl (C=O) groups is 2. The van der Waals surface area contributed by atoms with Crippen LogP contribution < -0.4 is 10.1 Å². The molecule has 1 aromatic carbocycles. The Morgan fingerprint density at radius 2 is 2.33 bits per heavy atom. The second-order valence-corrected chi connectivity index (χ2v) is 4.42. The summed E-state index contributed by atoms with van der Waals surface area (Å²) in [6, 6.07) is 5.10. The number of rotatable bonds is 6. The number of hydrogen-bond donors (Lipinski definition) is 1. The van der Waals surface area contributed by atoms with Crippen molar-refractivity contribution in [3.05, 3.63) is 40.9 Å². The Kier molecular flexibility index (Phi) is 5.58. The van der Waals surface area contributed by atoms with Crippen molar-refractivity contribution in [1.82, 2.24) is 5.32 Å². The first kappa shape index (κ1) is 14.4. The van der Waals surface area contributed by atoms with Crippen molar-refractivity contribution < 1.29 is 14.3 Å². The third kappa shape index (κ3) is 3.70. The number of ether oxygens (including phenoxy) is 1. The predicted molar refractivity (Wildman–Crippen MR) is 72.8 cm³/mol. The summed E-state index contributed by atoms with van der Waals surface area (Å²) in [5.74, 6) is 0.108. The van der Waals surface area contributed by atoms with E-state index < -0.39 is 6.10 Å². The molecule has 18 heavy (non-hydrogen) atoms. The predicted octanol–water partition coefficient (Wildman–Crippen LogP) is 2.33. The first-order valence-corrected chi connectivity index (χ1v) is 6.18. The number of aldehydes is 1. The Balaban J connectivity index is 2.81. The van der Waals surface area contributed by atoms with E-state index in [0.717, 1.165) is 0 Å². The number of halogens is 1. The lowest BCUT2D eigenvalue weighted by molar-refractivity contribution is -0.127. The van der Waals surface area contributed by atoms with Gasteiger partial charge in [-0.15, -0.1) is 6.58 Å². The fourth-order valence-corrected chi connectivity index (χ4v) is 1.76. The standard InChI is InChI=1S/C13H14BrNO3/c1-3-7-15-13(17)9(2)18-12-10(8-16)5-4-6-11(12)14/h3-6,8-9H,1,7H2,2H3,(H,15,17). The highest BCUT2D eigenvalue weighted by Crippen LogP contribution is 2.28. The van der Waals surface area contributed by atoms with Crippen LogP contribution in [-0.2, 0) is 4.79 Å². The Morgan fingerprint density at radius 3 is 2.94 bits per heavy atom. The van der Waals surface area contributed by atoms with Crippen molar-refractivity contribution in [3.8, 4) is 5.75 Å². The molecular weight excluding hydrogens is 298 g/mol. The molecule has 0 aliphatic heterocycles. The Bertz CT molecular complexity index is 460. The minimum atomic E-state index is -0.692. The van der Waals surface area contributed by atoms with E-state index in [1.807, 2.05) is 0 Å². The van der Waals surface area contributed by atoms with Gasteiger partial charge in [-0.05, 0) is 35.0 Å². The molecule has 1 amide bonds. The van der Waals surface area contributed by atoms with Crippen molar-refractivity contribution in [2.24, 2.45) is 0 Å². The number of para-hydroxylation sites is 1. The van der Waals surface area contributed by atoms with Crippen LogP contribution in [0.4, 0.5) is 0 Å². The van der Waals surface area contributed by atoms with Crippen molar-refractivity contribution in [1.29, 1.82) is 0 Å². The van der Waals surface area contributed by atoms with Crippen LogP contribution in [0.15, 0.2) is 35.3 Å². The average molecular weight is 312 g/mol. The van der Waals surface area contributed by atoms with E-state index in [9.17, 15) is 9.59 Å². The highest BCUT2D eigenvalue weighted by molar-refractivity contribution is 9.10. The molecule has 4 nitrogen and oxygen atoms in total. The van der Waals surface area contributed by atoms with Gasteiger partial charge in [0.05, 0.1) is 10.0 Å². The molecule has 5 heteroatoms. The largest absolute Gasteiger partial charge is 0.479 e. The van der Waals surface area contributed by atoms with Gasteiger partial charge in [0, 0.05) is 6.54 Å². The zero-order valence-electron chi connectivity index (χ0n) is 9.98. The van der Waals surface area contributed by atoms with Gasteiger partial charge in [-0.1, -0.05) is 12.1 Å². The number of hydrogen-bond acceptors (Lipinski definition) is 3. The molecule has 1 unspecified atom stereocenters. The lowest BCUT2D eigenvalue weighted by atomic mass is 10.2. The molecule has 0 spiro atoms. The summed E-state index contributed by atoms with van der Waals surface area (Å²) < 4.78 is 6.14. The zero-order valence-corrected chi connectivity index (χ0v) is 11.6. The van der Waals surface area contributed by atoms with Gasteiger partial charge in [-0.3, -0.25) is 9.59 Å². The minimum absolute atomic E-state index is 0.262. The Hall–Kier alpha value is -1.62. The van der Waals surface area contributed by atoms with Crippen LogP contribution in [0.2, 0.25) is 0 Å². The molecule has 0 aliphatic rings. The molecular formula is C13H14BrNO3. The highest BCUT2D eigenvalue weighted by Gasteiger charge is 2.17. The summed E-state index contributed by atoms with van der Waals surface area (Å²) >= 11 is 3.29. The topological polar surface area (TPSA) is 55.4 Å². The SMILES string of the molecule is C=CCNC(=O)C(C)Oc1c(Br)cccc1C=O. The summed E-state index contributed by atoms with van der Waals surface area (Å²) in [6.45, 7) is 5.50. The summed E-state index contributed by atoms with van der Waals surface area (Å²) in [7, 11) is 0. The molecule has 0 fully saturated rings. The van der Waals surface area contributed by atoms with Gasteiger partial charge in [-0.2, -0.15) is 0 Å². The first-order valence-electron chi connectivity index (χ1n) is 5.39. The Morgan fingerprint density at radius 1 is 1.61 bits per heavy atom. The Labute approximate surface area is 114 Å². The van der Waals surface area contributed by atoms with Gasteiger partial charge in [0.15, 0.2) is 12.4 Å². The van der Waals surface area contributed by atoms with E-state index in [2.05, 4.69) is 27.8 Å². The van der Waals surface area contributed by atoms with E-state index in [1.165, 1.54) is 0 Å². The molecule has 0 aliphatic carbocycles. The van der Waals surface area contributed by atoms with Crippen molar-refractivity contribution in [2.75, 3.05) is 6.54 Å². The van der Waals surface area contributed by atoms with E-state index in [0.29, 0.717) is 28.6 Å². The van der Waals surface area contributed by atoms with E-state index in [-0.39, 0.29) is 5.91 Å². The summed E-state index contributed by atoms with van der Waals surface area (Å²) in [5, 5.41) is 2.62. The first-order chi connectivity index (χ1) is 8.60. The fraction of sp³-hybridized carbons (Fsp3) is 0.231. The second-order valence-electron chi connectivity index (χ2n) is 3.57. The molecule has 1 N–H and O–H groups in total. The maximum atomic E-state index is 11.6. The van der Waals surface area contributed by atoms with Crippen LogP contribution in [0.1, 0.15) is 17.3 Å². The zero-order chi connectivity index (χ0) is 13.5. The van der Waals surface area contributed by atoms with E-state index >= 15 is 0 Å².